The minimum atomic E-state index is -4.09. The molecule has 0 aromatic carbocycles. The van der Waals surface area contributed by atoms with E-state index in [-0.39, 0.29) is 23.1 Å². The molecule has 1 aliphatic heterocycles. The Morgan fingerprint density at radius 2 is 1.89 bits per heavy atom. The van der Waals surface area contributed by atoms with Crippen molar-refractivity contribution in [2.75, 3.05) is 31.9 Å². The summed E-state index contributed by atoms with van der Waals surface area (Å²) in [7, 11) is 0. The van der Waals surface area contributed by atoms with Gasteiger partial charge in [-0.05, 0) is 44.1 Å². The Balaban J connectivity index is 1.80. The lowest BCUT2D eigenvalue weighted by Crippen LogP contribution is -2.49. The van der Waals surface area contributed by atoms with Gasteiger partial charge in [-0.2, -0.15) is 13.2 Å². The normalized spacial score (nSPS) is 25.5. The molecule has 1 saturated carbocycles. The van der Waals surface area contributed by atoms with Crippen molar-refractivity contribution in [2.45, 2.75) is 43.2 Å². The first-order valence-corrected chi connectivity index (χ1v) is 7.66. The predicted molar refractivity (Wildman–Crippen MR) is 68.8 cm³/mol. The minimum Gasteiger partial charge on any atom is -0.310 e. The number of nitrogens with one attached hydrogen (secondary N) is 1. The third kappa shape index (κ3) is 4.31. The highest BCUT2D eigenvalue weighted by Crippen LogP contribution is 2.33. The number of alkyl halides is 3. The molecule has 0 radical (unpaired) electrons. The molecule has 1 aliphatic carbocycles. The van der Waals surface area contributed by atoms with E-state index in [1.165, 1.54) is 25.7 Å². The van der Waals surface area contributed by atoms with Crippen LogP contribution >= 0.6 is 11.8 Å². The summed E-state index contributed by atoms with van der Waals surface area (Å²) in [6, 6.07) is 0. The molecule has 2 aliphatic rings. The van der Waals surface area contributed by atoms with Crippen LogP contribution in [-0.2, 0) is 0 Å². The molecule has 2 nitrogen and oxygen atoms in total. The van der Waals surface area contributed by atoms with Crippen LogP contribution in [-0.4, -0.2) is 47.9 Å². The molecule has 1 N–H and O–H groups in total. The van der Waals surface area contributed by atoms with Crippen LogP contribution in [0.4, 0.5) is 13.2 Å². The van der Waals surface area contributed by atoms with Crippen LogP contribution in [0.15, 0.2) is 0 Å². The third-order valence-electron chi connectivity index (χ3n) is 3.91. The van der Waals surface area contributed by atoms with Gasteiger partial charge in [0.05, 0.1) is 0 Å². The second kappa shape index (κ2) is 6.01. The Labute approximate surface area is 111 Å². The lowest BCUT2D eigenvalue weighted by atomic mass is 9.97. The molecule has 0 unspecified atom stereocenters. The molecule has 106 valence electrons. The zero-order valence-electron chi connectivity index (χ0n) is 10.6. The van der Waals surface area contributed by atoms with Gasteiger partial charge in [0, 0.05) is 24.4 Å². The van der Waals surface area contributed by atoms with E-state index in [1.54, 1.807) is 0 Å². The van der Waals surface area contributed by atoms with Gasteiger partial charge >= 0.3 is 5.51 Å². The number of rotatable bonds is 3. The van der Waals surface area contributed by atoms with Crippen molar-refractivity contribution < 1.29 is 13.2 Å². The highest BCUT2D eigenvalue weighted by Gasteiger charge is 2.36. The van der Waals surface area contributed by atoms with Crippen LogP contribution in [0.1, 0.15) is 32.1 Å². The molecule has 0 amide bonds. The Bertz CT molecular complexity index is 265. The molecule has 0 aromatic rings. The van der Waals surface area contributed by atoms with Gasteiger partial charge in [0.1, 0.15) is 0 Å². The van der Waals surface area contributed by atoms with Gasteiger partial charge in [0.2, 0.25) is 0 Å². The number of hydrogen-bond donors (Lipinski definition) is 1. The second-order valence-electron chi connectivity index (χ2n) is 5.34. The third-order valence-corrected chi connectivity index (χ3v) is 4.63. The van der Waals surface area contributed by atoms with Crippen LogP contribution in [0.25, 0.3) is 0 Å². The lowest BCUT2D eigenvalue weighted by Gasteiger charge is -2.33. The van der Waals surface area contributed by atoms with Gasteiger partial charge in [0.25, 0.3) is 0 Å². The molecular formula is C12H21F3N2S. The van der Waals surface area contributed by atoms with Crippen LogP contribution in [0, 0.1) is 0 Å². The largest absolute Gasteiger partial charge is 0.441 e. The minimum absolute atomic E-state index is 0.103. The Kier molecular flexibility index (Phi) is 4.83. The molecule has 1 heterocycles. The summed E-state index contributed by atoms with van der Waals surface area (Å²) >= 11 is 0.103. The van der Waals surface area contributed by atoms with Crippen LogP contribution in [0.3, 0.4) is 0 Å². The van der Waals surface area contributed by atoms with E-state index in [1.807, 2.05) is 0 Å². The first kappa shape index (κ1) is 14.5. The van der Waals surface area contributed by atoms with Crippen molar-refractivity contribution in [3.8, 4) is 0 Å². The first-order valence-electron chi connectivity index (χ1n) is 6.67. The van der Waals surface area contributed by atoms with Gasteiger partial charge in [-0.15, -0.1) is 0 Å². The quantitative estimate of drug-likeness (QED) is 0.857. The molecule has 2 fully saturated rings. The van der Waals surface area contributed by atoms with Gasteiger partial charge < -0.3 is 10.2 Å². The van der Waals surface area contributed by atoms with Crippen molar-refractivity contribution in [3.63, 3.8) is 0 Å². The van der Waals surface area contributed by atoms with Gasteiger partial charge in [-0.1, -0.05) is 12.8 Å². The van der Waals surface area contributed by atoms with Gasteiger partial charge in [0.15, 0.2) is 0 Å². The van der Waals surface area contributed by atoms with Crippen molar-refractivity contribution in [1.29, 1.82) is 0 Å². The van der Waals surface area contributed by atoms with Crippen molar-refractivity contribution in [3.05, 3.63) is 0 Å². The fourth-order valence-electron chi connectivity index (χ4n) is 3.09. The van der Waals surface area contributed by atoms with E-state index in [2.05, 4.69) is 10.2 Å². The monoisotopic (exact) mass is 282 g/mol. The van der Waals surface area contributed by atoms with Crippen LogP contribution in [0.2, 0.25) is 0 Å². The summed E-state index contributed by atoms with van der Waals surface area (Å²) in [5.74, 6) is 0.152. The van der Waals surface area contributed by atoms with Gasteiger partial charge in [-0.25, -0.2) is 0 Å². The van der Waals surface area contributed by atoms with Crippen molar-refractivity contribution >= 4 is 11.8 Å². The zero-order chi connectivity index (χ0) is 13.1. The molecule has 6 heteroatoms. The number of halogens is 3. The van der Waals surface area contributed by atoms with E-state index in [9.17, 15) is 13.2 Å². The zero-order valence-corrected chi connectivity index (χ0v) is 11.4. The summed E-state index contributed by atoms with van der Waals surface area (Å²) < 4.78 is 36.3. The van der Waals surface area contributed by atoms with Gasteiger partial charge in [-0.3, -0.25) is 0 Å². The molecule has 2 rings (SSSR count). The number of nitrogens with zero attached hydrogens (tertiary/aromatic N) is 1. The highest BCUT2D eigenvalue weighted by atomic mass is 32.2. The van der Waals surface area contributed by atoms with E-state index in [0.29, 0.717) is 6.54 Å². The Morgan fingerprint density at radius 1 is 1.17 bits per heavy atom. The maximum atomic E-state index is 12.1. The summed E-state index contributed by atoms with van der Waals surface area (Å²) in [4.78, 5) is 2.21. The average Bonchev–Trinajstić information content (AvgIpc) is 2.61. The highest BCUT2D eigenvalue weighted by molar-refractivity contribution is 8.00. The maximum absolute atomic E-state index is 12.1. The predicted octanol–water partition coefficient (Wildman–Crippen LogP) is 2.85. The van der Waals surface area contributed by atoms with E-state index in [0.717, 1.165) is 26.1 Å². The molecule has 18 heavy (non-hydrogen) atoms. The standard InChI is InChI=1S/C12H21F3N2S/c13-12(14,15)18-9-8-17-7-3-6-16-11(10-17)4-1-2-5-11/h16H,1-10H2. The van der Waals surface area contributed by atoms with Crippen LogP contribution in [0.5, 0.6) is 0 Å². The summed E-state index contributed by atoms with van der Waals surface area (Å²) in [5, 5.41) is 3.62. The number of hydrogen-bond acceptors (Lipinski definition) is 3. The smallest absolute Gasteiger partial charge is 0.310 e. The summed E-state index contributed by atoms with van der Waals surface area (Å²) in [5.41, 5.74) is -3.89. The number of thioether (sulfide) groups is 1. The second-order valence-corrected chi connectivity index (χ2v) is 6.50. The van der Waals surface area contributed by atoms with Crippen molar-refractivity contribution in [1.82, 2.24) is 10.2 Å². The Morgan fingerprint density at radius 3 is 2.56 bits per heavy atom. The summed E-state index contributed by atoms with van der Waals surface area (Å²) in [6.45, 7) is 3.40. The van der Waals surface area contributed by atoms with E-state index in [4.69, 9.17) is 0 Å². The molecule has 0 bridgehead atoms. The average molecular weight is 282 g/mol. The van der Waals surface area contributed by atoms with Crippen molar-refractivity contribution in [2.24, 2.45) is 0 Å². The topological polar surface area (TPSA) is 15.3 Å². The molecule has 1 spiro atoms. The lowest BCUT2D eigenvalue weighted by molar-refractivity contribution is -0.0328. The molecular weight excluding hydrogens is 261 g/mol. The Hall–Kier alpha value is 0.0600. The SMILES string of the molecule is FC(F)(F)SCCN1CCCNC2(CCCC2)C1. The van der Waals surface area contributed by atoms with E-state index >= 15 is 0 Å². The molecule has 0 atom stereocenters. The van der Waals surface area contributed by atoms with Crippen LogP contribution < -0.4 is 5.32 Å². The molecule has 1 saturated heterocycles. The molecule has 0 aromatic heterocycles. The fourth-order valence-corrected chi connectivity index (χ4v) is 3.67. The fraction of sp³-hybridized carbons (Fsp3) is 1.00. The first-order chi connectivity index (χ1) is 8.49. The summed E-state index contributed by atoms with van der Waals surface area (Å²) in [6.07, 6.45) is 5.89. The van der Waals surface area contributed by atoms with E-state index < -0.39 is 5.51 Å². The maximum Gasteiger partial charge on any atom is 0.441 e.